The van der Waals surface area contributed by atoms with Crippen molar-refractivity contribution in [2.45, 2.75) is 6.10 Å². The third-order valence-corrected chi connectivity index (χ3v) is 3.00. The van der Waals surface area contributed by atoms with Gasteiger partial charge in [0.05, 0.1) is 11.4 Å². The van der Waals surface area contributed by atoms with Gasteiger partial charge < -0.3 is 5.11 Å². The largest absolute Gasteiger partial charge is 0.380 e. The molecule has 3 aromatic rings. The van der Waals surface area contributed by atoms with Crippen molar-refractivity contribution >= 4 is 0 Å². The zero-order chi connectivity index (χ0) is 13.9. The van der Waals surface area contributed by atoms with Crippen molar-refractivity contribution in [3.05, 3.63) is 78.1 Å². The Morgan fingerprint density at radius 3 is 2.55 bits per heavy atom. The molecule has 0 saturated carbocycles. The van der Waals surface area contributed by atoms with Crippen LogP contribution in [0.5, 0.6) is 0 Å². The molecule has 3 rings (SSSR count). The first-order valence-electron chi connectivity index (χ1n) is 6.15. The first kappa shape index (κ1) is 12.5. The van der Waals surface area contributed by atoms with Crippen LogP contribution in [0, 0.1) is 5.82 Å². The number of aromatic nitrogens is 3. The number of hydrogen-bond acceptors (Lipinski definition) is 3. The number of hydrogen-bond donors (Lipinski definition) is 1. The minimum absolute atomic E-state index is 0.00909. The maximum absolute atomic E-state index is 13.7. The van der Waals surface area contributed by atoms with Crippen LogP contribution in [0.4, 0.5) is 4.39 Å². The first-order valence-corrected chi connectivity index (χ1v) is 6.15. The van der Waals surface area contributed by atoms with E-state index < -0.39 is 11.9 Å². The summed E-state index contributed by atoms with van der Waals surface area (Å²) in [6.45, 7) is 0. The van der Waals surface area contributed by atoms with Crippen molar-refractivity contribution in [1.29, 1.82) is 0 Å². The van der Waals surface area contributed by atoms with E-state index in [0.717, 1.165) is 5.69 Å². The average molecular weight is 269 g/mol. The van der Waals surface area contributed by atoms with Crippen molar-refractivity contribution in [3.8, 4) is 5.69 Å². The van der Waals surface area contributed by atoms with Crippen LogP contribution >= 0.6 is 0 Å². The predicted molar refractivity (Wildman–Crippen MR) is 71.8 cm³/mol. The molecule has 0 bridgehead atoms. The van der Waals surface area contributed by atoms with Gasteiger partial charge in [-0.25, -0.2) is 9.07 Å². The summed E-state index contributed by atoms with van der Waals surface area (Å²) in [6, 6.07) is 13.8. The van der Waals surface area contributed by atoms with E-state index in [0.29, 0.717) is 5.69 Å². The standard InChI is InChI=1S/C15H12FN3O/c16-12-7-4-9-17-14(12)15(20)13-8-10-18-19(13)11-5-2-1-3-6-11/h1-10,15,20H. The summed E-state index contributed by atoms with van der Waals surface area (Å²) in [5.41, 5.74) is 1.25. The Morgan fingerprint density at radius 2 is 1.80 bits per heavy atom. The van der Waals surface area contributed by atoms with E-state index in [1.807, 2.05) is 30.3 Å². The summed E-state index contributed by atoms with van der Waals surface area (Å²) in [7, 11) is 0. The molecule has 0 aliphatic carbocycles. The number of aliphatic hydroxyl groups excluding tert-OH is 1. The molecule has 1 aromatic carbocycles. The minimum atomic E-state index is -1.17. The Bertz CT molecular complexity index is 712. The highest BCUT2D eigenvalue weighted by Crippen LogP contribution is 2.24. The van der Waals surface area contributed by atoms with Crippen molar-refractivity contribution in [1.82, 2.24) is 14.8 Å². The molecule has 0 aliphatic heterocycles. The molecule has 100 valence electrons. The highest BCUT2D eigenvalue weighted by Gasteiger charge is 2.20. The van der Waals surface area contributed by atoms with Gasteiger partial charge in [0.15, 0.2) is 0 Å². The molecule has 0 spiro atoms. The van der Waals surface area contributed by atoms with Gasteiger partial charge in [-0.3, -0.25) is 4.98 Å². The zero-order valence-corrected chi connectivity index (χ0v) is 10.5. The maximum atomic E-state index is 13.7. The third kappa shape index (κ3) is 2.19. The second-order valence-corrected chi connectivity index (χ2v) is 4.28. The quantitative estimate of drug-likeness (QED) is 0.794. The number of halogens is 1. The van der Waals surface area contributed by atoms with Crippen molar-refractivity contribution < 1.29 is 9.50 Å². The lowest BCUT2D eigenvalue weighted by molar-refractivity contribution is 0.201. The monoisotopic (exact) mass is 269 g/mol. The molecular formula is C15H12FN3O. The molecule has 1 N–H and O–H groups in total. The minimum Gasteiger partial charge on any atom is -0.380 e. The van der Waals surface area contributed by atoms with E-state index in [4.69, 9.17) is 0 Å². The second kappa shape index (κ2) is 5.22. The Kier molecular flexibility index (Phi) is 3.26. The van der Waals surface area contributed by atoms with Crippen LogP contribution < -0.4 is 0 Å². The fraction of sp³-hybridized carbons (Fsp3) is 0.0667. The number of pyridine rings is 1. The summed E-state index contributed by atoms with van der Waals surface area (Å²) in [5, 5.41) is 14.5. The van der Waals surface area contributed by atoms with Gasteiger partial charge in [-0.05, 0) is 30.3 Å². The van der Waals surface area contributed by atoms with Gasteiger partial charge in [-0.1, -0.05) is 18.2 Å². The molecule has 5 heteroatoms. The molecule has 0 fully saturated rings. The second-order valence-electron chi connectivity index (χ2n) is 4.28. The van der Waals surface area contributed by atoms with Gasteiger partial charge in [0.25, 0.3) is 0 Å². The summed E-state index contributed by atoms with van der Waals surface area (Å²) >= 11 is 0. The SMILES string of the molecule is OC(c1ncccc1F)c1ccnn1-c1ccccc1. The molecule has 0 saturated heterocycles. The lowest BCUT2D eigenvalue weighted by Crippen LogP contribution is -2.11. The molecule has 0 aliphatic rings. The predicted octanol–water partition coefficient (Wildman–Crippen LogP) is 2.49. The van der Waals surface area contributed by atoms with E-state index in [1.54, 1.807) is 16.9 Å². The van der Waals surface area contributed by atoms with Crippen LogP contribution in [0.2, 0.25) is 0 Å². The number of rotatable bonds is 3. The fourth-order valence-electron chi connectivity index (χ4n) is 2.04. The Balaban J connectivity index is 2.04. The van der Waals surface area contributed by atoms with Crippen LogP contribution in [0.3, 0.4) is 0 Å². The normalized spacial score (nSPS) is 12.3. The Labute approximate surface area is 115 Å². The summed E-state index contributed by atoms with van der Waals surface area (Å²) in [5.74, 6) is -0.541. The van der Waals surface area contributed by atoms with Gasteiger partial charge >= 0.3 is 0 Å². The summed E-state index contributed by atoms with van der Waals surface area (Å²) < 4.78 is 15.3. The van der Waals surface area contributed by atoms with Crippen molar-refractivity contribution in [2.75, 3.05) is 0 Å². The number of benzene rings is 1. The Morgan fingerprint density at radius 1 is 1.00 bits per heavy atom. The van der Waals surface area contributed by atoms with Crippen molar-refractivity contribution in [2.24, 2.45) is 0 Å². The maximum Gasteiger partial charge on any atom is 0.147 e. The molecule has 0 radical (unpaired) electrons. The van der Waals surface area contributed by atoms with Crippen LogP contribution in [-0.4, -0.2) is 19.9 Å². The molecular weight excluding hydrogens is 257 g/mol. The van der Waals surface area contributed by atoms with E-state index in [1.165, 1.54) is 18.3 Å². The van der Waals surface area contributed by atoms with Gasteiger partial charge in [0.2, 0.25) is 0 Å². The lowest BCUT2D eigenvalue weighted by Gasteiger charge is -2.13. The van der Waals surface area contributed by atoms with E-state index in [2.05, 4.69) is 10.1 Å². The smallest absolute Gasteiger partial charge is 0.147 e. The highest BCUT2D eigenvalue weighted by atomic mass is 19.1. The molecule has 4 nitrogen and oxygen atoms in total. The van der Waals surface area contributed by atoms with Crippen molar-refractivity contribution in [3.63, 3.8) is 0 Å². The molecule has 2 heterocycles. The van der Waals surface area contributed by atoms with Gasteiger partial charge in [-0.2, -0.15) is 5.10 Å². The highest BCUT2D eigenvalue weighted by molar-refractivity contribution is 5.34. The summed E-state index contributed by atoms with van der Waals surface area (Å²) in [4.78, 5) is 3.90. The first-order chi connectivity index (χ1) is 9.77. The lowest BCUT2D eigenvalue weighted by atomic mass is 10.1. The Hall–Kier alpha value is -2.53. The molecule has 1 unspecified atom stereocenters. The van der Waals surface area contributed by atoms with Gasteiger partial charge in [0, 0.05) is 12.4 Å². The third-order valence-electron chi connectivity index (χ3n) is 3.00. The molecule has 0 amide bonds. The van der Waals surface area contributed by atoms with E-state index in [-0.39, 0.29) is 5.69 Å². The molecule has 1 atom stereocenters. The van der Waals surface area contributed by atoms with Crippen LogP contribution in [-0.2, 0) is 0 Å². The number of para-hydroxylation sites is 1. The number of aliphatic hydroxyl groups is 1. The van der Waals surface area contributed by atoms with Crippen LogP contribution in [0.25, 0.3) is 5.69 Å². The fourth-order valence-corrected chi connectivity index (χ4v) is 2.04. The van der Waals surface area contributed by atoms with E-state index in [9.17, 15) is 9.50 Å². The average Bonchev–Trinajstić information content (AvgIpc) is 2.97. The topological polar surface area (TPSA) is 50.9 Å². The van der Waals surface area contributed by atoms with Crippen LogP contribution in [0.1, 0.15) is 17.5 Å². The molecule has 2 aromatic heterocycles. The number of nitrogens with zero attached hydrogens (tertiary/aromatic N) is 3. The molecule has 20 heavy (non-hydrogen) atoms. The van der Waals surface area contributed by atoms with Crippen LogP contribution in [0.15, 0.2) is 60.9 Å². The van der Waals surface area contributed by atoms with E-state index >= 15 is 0 Å². The van der Waals surface area contributed by atoms with Gasteiger partial charge in [0.1, 0.15) is 17.6 Å². The van der Waals surface area contributed by atoms with Gasteiger partial charge in [-0.15, -0.1) is 0 Å². The zero-order valence-electron chi connectivity index (χ0n) is 10.5. The summed E-state index contributed by atoms with van der Waals surface area (Å²) in [6.07, 6.45) is 1.84.